The van der Waals surface area contributed by atoms with Gasteiger partial charge >= 0.3 is 0 Å². The quantitative estimate of drug-likeness (QED) is 0.140. The number of aryl methyl sites for hydroxylation is 1. The molecule has 0 N–H and O–H groups in total. The van der Waals surface area contributed by atoms with Gasteiger partial charge < -0.3 is 4.74 Å². The molecule has 1 aliphatic carbocycles. The van der Waals surface area contributed by atoms with Gasteiger partial charge in [0.05, 0.1) is 12.5 Å². The average Bonchev–Trinajstić information content (AvgIpc) is 3.36. The minimum Gasteiger partial charge on any atom is -0.496 e. The summed E-state index contributed by atoms with van der Waals surface area (Å²) in [6.07, 6.45) is 18.5. The van der Waals surface area contributed by atoms with E-state index < -0.39 is 5.41 Å². The highest BCUT2D eigenvalue weighted by Gasteiger charge is 2.47. The Bertz CT molecular complexity index is 1770. The fraction of sp³-hybridized carbons (Fsp3) is 0.136. The summed E-state index contributed by atoms with van der Waals surface area (Å²) in [4.78, 5) is 0. The summed E-state index contributed by atoms with van der Waals surface area (Å²) in [7, 11) is 1.71. The fourth-order valence-electron chi connectivity index (χ4n) is 6.48. The summed E-state index contributed by atoms with van der Waals surface area (Å²) in [6.45, 7) is 19.6. The van der Waals surface area contributed by atoms with Crippen LogP contribution in [0.5, 0.6) is 5.75 Å². The normalized spacial score (nSPS) is 15.7. The maximum Gasteiger partial charge on any atom is 0.121 e. The van der Waals surface area contributed by atoms with Crippen LogP contribution >= 0.6 is 0 Å². The summed E-state index contributed by atoms with van der Waals surface area (Å²) in [5.74, 6) is 0.906. The first-order valence-corrected chi connectivity index (χ1v) is 15.4. The van der Waals surface area contributed by atoms with Crippen molar-refractivity contribution in [3.8, 4) is 39.1 Å². The van der Waals surface area contributed by atoms with Crippen molar-refractivity contribution < 1.29 is 4.74 Å². The van der Waals surface area contributed by atoms with E-state index in [1.807, 2.05) is 25.1 Å². The molecule has 1 nitrogen and oxygen atoms in total. The minimum absolute atomic E-state index is 0.524. The number of hydrogen-bond acceptors (Lipinski definition) is 1. The molecule has 1 heteroatoms. The van der Waals surface area contributed by atoms with Crippen LogP contribution in [0.2, 0.25) is 0 Å². The summed E-state index contributed by atoms with van der Waals surface area (Å²) >= 11 is 0. The van der Waals surface area contributed by atoms with E-state index in [2.05, 4.69) is 156 Å². The van der Waals surface area contributed by atoms with Crippen LogP contribution in [0.4, 0.5) is 0 Å². The van der Waals surface area contributed by atoms with Crippen molar-refractivity contribution in [2.75, 3.05) is 7.11 Å². The summed E-state index contributed by atoms with van der Waals surface area (Å²) < 4.78 is 5.47. The fourth-order valence-corrected chi connectivity index (χ4v) is 6.48. The molecule has 0 saturated heterocycles. The van der Waals surface area contributed by atoms with Crippen molar-refractivity contribution >= 4 is 0 Å². The SMILES string of the molecule is C=C/C=C(\C=C/C)C1(C(/C=C\C)=C/C=C)c2ccccc2-c2c(-c3ccc(-c4ccc(OC)c(C)c4)cc3)cccc21.C=CC. The van der Waals surface area contributed by atoms with Crippen LogP contribution in [-0.4, -0.2) is 7.11 Å². The molecular formula is C44H44O. The molecule has 0 atom stereocenters. The number of allylic oxidation sites excluding steroid dienone is 11. The molecule has 0 fully saturated rings. The molecule has 5 rings (SSSR count). The average molecular weight is 589 g/mol. The van der Waals surface area contributed by atoms with Gasteiger partial charge in [-0.25, -0.2) is 0 Å². The van der Waals surface area contributed by atoms with E-state index in [0.29, 0.717) is 0 Å². The predicted molar refractivity (Wildman–Crippen MR) is 197 cm³/mol. The maximum atomic E-state index is 5.47. The third-order valence-corrected chi connectivity index (χ3v) is 8.15. The molecule has 226 valence electrons. The molecule has 4 aromatic rings. The Hall–Kier alpha value is -5.14. The van der Waals surface area contributed by atoms with E-state index in [1.165, 1.54) is 55.7 Å². The Labute approximate surface area is 270 Å². The smallest absolute Gasteiger partial charge is 0.121 e. The number of methoxy groups -OCH3 is 1. The largest absolute Gasteiger partial charge is 0.496 e. The van der Waals surface area contributed by atoms with Crippen molar-refractivity contribution in [3.63, 3.8) is 0 Å². The zero-order chi connectivity index (χ0) is 32.4. The van der Waals surface area contributed by atoms with Crippen molar-refractivity contribution in [1.82, 2.24) is 0 Å². The minimum atomic E-state index is -0.524. The first kappa shape index (κ1) is 32.8. The van der Waals surface area contributed by atoms with E-state index in [4.69, 9.17) is 4.74 Å². The summed E-state index contributed by atoms with van der Waals surface area (Å²) in [6, 6.07) is 30.8. The number of fused-ring (bicyclic) bond motifs is 3. The Morgan fingerprint density at radius 3 is 1.73 bits per heavy atom. The predicted octanol–water partition coefficient (Wildman–Crippen LogP) is 12.2. The number of rotatable bonds is 9. The van der Waals surface area contributed by atoms with Crippen molar-refractivity contribution in [2.45, 2.75) is 33.1 Å². The molecule has 0 unspecified atom stereocenters. The maximum absolute atomic E-state index is 5.47. The highest BCUT2D eigenvalue weighted by atomic mass is 16.5. The van der Waals surface area contributed by atoms with Gasteiger partial charge in [-0.3, -0.25) is 0 Å². The van der Waals surface area contributed by atoms with Gasteiger partial charge in [-0.1, -0.05) is 141 Å². The van der Waals surface area contributed by atoms with E-state index in [0.717, 1.165) is 11.3 Å². The standard InChI is InChI=1S/C41H38O.C3H6/c1-7-14-33(15-8-2)41(34(16-9-3)17-10-4)37-20-12-11-18-36(37)40-35(19-13-21-38(40)41)31-24-22-30(23-25-31)32-26-27-39(42-6)29(5)28-32;1-3-2/h7-28H,1,3H2,2,4-6H3;3H,1H2,2H3/b15-8-,17-10-,33-14+,34-16+;. The Kier molecular flexibility index (Phi) is 11.0. The lowest BCUT2D eigenvalue weighted by Gasteiger charge is -2.35. The van der Waals surface area contributed by atoms with Gasteiger partial charge in [-0.2, -0.15) is 0 Å². The first-order chi connectivity index (χ1) is 22.0. The highest BCUT2D eigenvalue weighted by Crippen LogP contribution is 2.59. The van der Waals surface area contributed by atoms with Crippen molar-refractivity contribution in [3.05, 3.63) is 187 Å². The van der Waals surface area contributed by atoms with E-state index >= 15 is 0 Å². The molecular weight excluding hydrogens is 544 g/mol. The van der Waals surface area contributed by atoms with E-state index in [1.54, 1.807) is 13.2 Å². The Morgan fingerprint density at radius 2 is 1.18 bits per heavy atom. The summed E-state index contributed by atoms with van der Waals surface area (Å²) in [5, 5.41) is 0. The zero-order valence-corrected chi connectivity index (χ0v) is 27.3. The molecule has 0 amide bonds. The van der Waals surface area contributed by atoms with Gasteiger partial charge in [-0.05, 0) is 101 Å². The van der Waals surface area contributed by atoms with Crippen LogP contribution < -0.4 is 4.74 Å². The van der Waals surface area contributed by atoms with Crippen LogP contribution in [0.1, 0.15) is 37.5 Å². The third kappa shape index (κ3) is 6.12. The number of benzene rings is 4. The number of ether oxygens (including phenoxy) is 1. The van der Waals surface area contributed by atoms with Crippen LogP contribution in [0.25, 0.3) is 33.4 Å². The second-order valence-electron chi connectivity index (χ2n) is 10.9. The third-order valence-electron chi connectivity index (χ3n) is 8.15. The van der Waals surface area contributed by atoms with Gasteiger partial charge in [0.1, 0.15) is 5.75 Å². The second kappa shape index (κ2) is 15.0. The summed E-state index contributed by atoms with van der Waals surface area (Å²) in [5.41, 5.74) is 12.7. The van der Waals surface area contributed by atoms with Gasteiger partial charge in [-0.15, -0.1) is 6.58 Å². The molecule has 45 heavy (non-hydrogen) atoms. The highest BCUT2D eigenvalue weighted by molar-refractivity contribution is 5.96. The molecule has 0 aliphatic heterocycles. The topological polar surface area (TPSA) is 9.23 Å². The van der Waals surface area contributed by atoms with E-state index in [-0.39, 0.29) is 0 Å². The van der Waals surface area contributed by atoms with Crippen LogP contribution in [0, 0.1) is 6.92 Å². The Balaban J connectivity index is 0.00000148. The van der Waals surface area contributed by atoms with Crippen molar-refractivity contribution in [1.29, 1.82) is 0 Å². The van der Waals surface area contributed by atoms with Gasteiger partial charge in [0.15, 0.2) is 0 Å². The number of hydrogen-bond donors (Lipinski definition) is 0. The lowest BCUT2D eigenvalue weighted by atomic mass is 9.66. The van der Waals surface area contributed by atoms with Gasteiger partial charge in [0.25, 0.3) is 0 Å². The van der Waals surface area contributed by atoms with E-state index in [9.17, 15) is 0 Å². The Morgan fingerprint density at radius 1 is 0.644 bits per heavy atom. The van der Waals surface area contributed by atoms with Crippen molar-refractivity contribution in [2.24, 2.45) is 0 Å². The molecule has 0 saturated carbocycles. The molecule has 0 bridgehead atoms. The van der Waals surface area contributed by atoms with Crippen LogP contribution in [-0.2, 0) is 5.41 Å². The first-order valence-electron chi connectivity index (χ1n) is 15.4. The van der Waals surface area contributed by atoms with Gasteiger partial charge in [0.2, 0.25) is 0 Å². The van der Waals surface area contributed by atoms with Crippen LogP contribution in [0.15, 0.2) is 170 Å². The lowest BCUT2D eigenvalue weighted by molar-refractivity contribution is 0.412. The second-order valence-corrected chi connectivity index (χ2v) is 10.9. The van der Waals surface area contributed by atoms with Crippen LogP contribution in [0.3, 0.4) is 0 Å². The zero-order valence-electron chi connectivity index (χ0n) is 27.3. The molecule has 0 radical (unpaired) electrons. The molecule has 0 heterocycles. The monoisotopic (exact) mass is 588 g/mol. The molecule has 0 spiro atoms. The molecule has 1 aliphatic rings. The lowest BCUT2D eigenvalue weighted by Crippen LogP contribution is -2.29. The molecule has 4 aromatic carbocycles. The van der Waals surface area contributed by atoms with Gasteiger partial charge in [0, 0.05) is 0 Å². The molecule has 0 aromatic heterocycles.